The lowest BCUT2D eigenvalue weighted by atomic mass is 10.2. The average molecular weight is 428 g/mol. The van der Waals surface area contributed by atoms with Gasteiger partial charge in [0, 0.05) is 21.4 Å². The van der Waals surface area contributed by atoms with Crippen LogP contribution in [0.15, 0.2) is 112 Å². The molecule has 5 aromatic rings. The second kappa shape index (κ2) is 7.98. The topological polar surface area (TPSA) is 26.3 Å². The van der Waals surface area contributed by atoms with Gasteiger partial charge in [0.15, 0.2) is 14.3 Å². The van der Waals surface area contributed by atoms with Crippen LogP contribution >= 0.6 is 22.2 Å². The standard InChI is InChI=1S/C26H19O2S2/c1-28-18-15-16-22(29-19-9-3-2-4-10-19)25(17-18)30-23-13-7-5-11-20(23)26(27)21-12-6-8-14-24(21)30/h2-17H,1H3/q+1. The van der Waals surface area contributed by atoms with Gasteiger partial charge in [-0.1, -0.05) is 54.2 Å². The maximum Gasteiger partial charge on any atom is 0.203 e. The van der Waals surface area contributed by atoms with Gasteiger partial charge >= 0.3 is 0 Å². The van der Waals surface area contributed by atoms with Crippen LogP contribution in [0.1, 0.15) is 0 Å². The molecule has 0 N–H and O–H groups in total. The minimum Gasteiger partial charge on any atom is -0.497 e. The van der Waals surface area contributed by atoms with Gasteiger partial charge in [0.05, 0.1) is 22.8 Å². The third-order valence-corrected chi connectivity index (χ3v) is 8.63. The molecule has 4 heteroatoms. The van der Waals surface area contributed by atoms with Gasteiger partial charge in [-0.2, -0.15) is 0 Å². The smallest absolute Gasteiger partial charge is 0.203 e. The summed E-state index contributed by atoms with van der Waals surface area (Å²) in [5.74, 6) is 0.821. The molecular weight excluding hydrogens is 408 g/mol. The average Bonchev–Trinajstić information content (AvgIpc) is 2.81. The highest BCUT2D eigenvalue weighted by molar-refractivity contribution is 7.99. The van der Waals surface area contributed by atoms with E-state index >= 15 is 0 Å². The largest absolute Gasteiger partial charge is 0.497 e. The van der Waals surface area contributed by atoms with E-state index in [4.69, 9.17) is 4.74 Å². The fourth-order valence-electron chi connectivity index (χ4n) is 3.64. The predicted octanol–water partition coefficient (Wildman–Crippen LogP) is 7.25. The maximum atomic E-state index is 13.2. The van der Waals surface area contributed by atoms with E-state index in [2.05, 4.69) is 48.5 Å². The second-order valence-corrected chi connectivity index (χ2v) is 9.90. The van der Waals surface area contributed by atoms with Crippen molar-refractivity contribution in [2.24, 2.45) is 0 Å². The number of hydrogen-bond acceptors (Lipinski definition) is 3. The van der Waals surface area contributed by atoms with Crippen LogP contribution in [-0.2, 0) is 0 Å². The Morgan fingerprint density at radius 3 is 1.97 bits per heavy atom. The van der Waals surface area contributed by atoms with Crippen LogP contribution in [0.25, 0.3) is 25.1 Å². The molecule has 1 aromatic heterocycles. The Labute approximate surface area is 181 Å². The second-order valence-electron chi connectivity index (χ2n) is 6.86. The monoisotopic (exact) mass is 427 g/mol. The van der Waals surface area contributed by atoms with Gasteiger partial charge in [-0.15, -0.1) is 0 Å². The third-order valence-electron chi connectivity index (χ3n) is 5.05. The molecule has 0 aliphatic heterocycles. The van der Waals surface area contributed by atoms with Crippen LogP contribution in [0.4, 0.5) is 0 Å². The van der Waals surface area contributed by atoms with Gasteiger partial charge < -0.3 is 4.74 Å². The number of benzene rings is 4. The van der Waals surface area contributed by atoms with Crippen molar-refractivity contribution in [3.8, 4) is 10.6 Å². The number of hydrogen-bond donors (Lipinski definition) is 0. The minimum absolute atomic E-state index is 0.102. The van der Waals surface area contributed by atoms with Gasteiger partial charge in [-0.25, -0.2) is 0 Å². The number of fused-ring (bicyclic) bond motifs is 2. The molecular formula is C26H19O2S2+. The first kappa shape index (κ1) is 18.9. The third kappa shape index (κ3) is 3.28. The Kier molecular flexibility index (Phi) is 5.03. The molecule has 1 heterocycles. The summed E-state index contributed by atoms with van der Waals surface area (Å²) in [7, 11) is 1.30. The van der Waals surface area contributed by atoms with Crippen molar-refractivity contribution in [1.82, 2.24) is 0 Å². The van der Waals surface area contributed by atoms with Crippen LogP contribution in [0.5, 0.6) is 5.75 Å². The summed E-state index contributed by atoms with van der Waals surface area (Å²) in [5.41, 5.74) is 0.102. The summed E-state index contributed by atoms with van der Waals surface area (Å²) in [5, 5.41) is 1.58. The lowest BCUT2D eigenvalue weighted by Crippen LogP contribution is -2.02. The molecule has 5 rings (SSSR count). The predicted molar refractivity (Wildman–Crippen MR) is 129 cm³/mol. The summed E-state index contributed by atoms with van der Waals surface area (Å²) >= 11 is 1.74. The van der Waals surface area contributed by atoms with E-state index in [-0.39, 0.29) is 5.43 Å². The van der Waals surface area contributed by atoms with Crippen molar-refractivity contribution < 1.29 is 4.74 Å². The van der Waals surface area contributed by atoms with Crippen molar-refractivity contribution in [2.45, 2.75) is 9.79 Å². The molecule has 0 unspecified atom stereocenters. The highest BCUT2D eigenvalue weighted by Gasteiger charge is 2.26. The van der Waals surface area contributed by atoms with Crippen LogP contribution in [0.2, 0.25) is 0 Å². The van der Waals surface area contributed by atoms with Crippen LogP contribution in [-0.4, -0.2) is 7.11 Å². The summed E-state index contributed by atoms with van der Waals surface area (Å²) in [6.45, 7) is 0. The lowest BCUT2D eigenvalue weighted by Gasteiger charge is -2.09. The number of rotatable bonds is 4. The Bertz CT molecular complexity index is 1360. The van der Waals surface area contributed by atoms with Crippen LogP contribution < -0.4 is 10.2 Å². The summed E-state index contributed by atoms with van der Waals surface area (Å²) in [6.07, 6.45) is 0. The van der Waals surface area contributed by atoms with Crippen molar-refractivity contribution in [3.63, 3.8) is 0 Å². The van der Waals surface area contributed by atoms with E-state index in [1.54, 1.807) is 18.9 Å². The normalized spacial score (nSPS) is 11.1. The van der Waals surface area contributed by atoms with Gasteiger partial charge in [0.1, 0.15) is 5.75 Å². The van der Waals surface area contributed by atoms with Gasteiger partial charge in [-0.3, -0.25) is 4.79 Å². The van der Waals surface area contributed by atoms with Crippen LogP contribution in [0, 0.1) is 0 Å². The van der Waals surface area contributed by atoms with Crippen molar-refractivity contribution in [1.29, 1.82) is 0 Å². The zero-order chi connectivity index (χ0) is 20.5. The molecule has 0 saturated heterocycles. The zero-order valence-electron chi connectivity index (χ0n) is 16.4. The molecule has 0 aliphatic carbocycles. The minimum atomic E-state index is -0.397. The van der Waals surface area contributed by atoms with Crippen molar-refractivity contribution >= 4 is 42.4 Å². The summed E-state index contributed by atoms with van der Waals surface area (Å²) in [6, 6.07) is 32.6. The number of methoxy groups -OCH3 is 1. The molecule has 2 nitrogen and oxygen atoms in total. The fourth-order valence-corrected chi connectivity index (χ4v) is 7.26. The fraction of sp³-hybridized carbons (Fsp3) is 0.0385. The number of ether oxygens (including phenoxy) is 1. The first-order chi connectivity index (χ1) is 14.8. The Hall–Kier alpha value is -3.08. The Morgan fingerprint density at radius 1 is 0.733 bits per heavy atom. The first-order valence-corrected chi connectivity index (χ1v) is 11.7. The maximum absolute atomic E-state index is 13.2. The van der Waals surface area contributed by atoms with Gasteiger partial charge in [0.2, 0.25) is 5.43 Å². The Balaban J connectivity index is 1.87. The molecule has 0 aliphatic rings. The highest BCUT2D eigenvalue weighted by Crippen LogP contribution is 2.49. The lowest BCUT2D eigenvalue weighted by molar-refractivity contribution is 0.415. The quantitative estimate of drug-likeness (QED) is 0.223. The summed E-state index contributed by atoms with van der Waals surface area (Å²) in [4.78, 5) is 16.7. The van der Waals surface area contributed by atoms with E-state index in [1.807, 2.05) is 48.5 Å². The van der Waals surface area contributed by atoms with Crippen molar-refractivity contribution in [3.05, 3.63) is 107 Å². The SMILES string of the molecule is COc1ccc(Sc2ccccc2)c(-[s+]2c3ccccc3c(=O)c3ccccc32)c1. The summed E-state index contributed by atoms with van der Waals surface area (Å²) < 4.78 is 7.72. The molecule has 0 atom stereocenters. The van der Waals surface area contributed by atoms with E-state index < -0.39 is 10.5 Å². The van der Waals surface area contributed by atoms with Gasteiger partial charge in [-0.05, 0) is 48.5 Å². The van der Waals surface area contributed by atoms with E-state index in [9.17, 15) is 4.79 Å². The molecule has 0 radical (unpaired) electrons. The molecule has 146 valence electrons. The molecule has 0 saturated carbocycles. The molecule has 0 spiro atoms. The zero-order valence-corrected chi connectivity index (χ0v) is 18.0. The molecule has 4 aromatic carbocycles. The van der Waals surface area contributed by atoms with Crippen LogP contribution in [0.3, 0.4) is 0 Å². The molecule has 30 heavy (non-hydrogen) atoms. The Morgan fingerprint density at radius 2 is 1.33 bits per heavy atom. The van der Waals surface area contributed by atoms with Gasteiger partial charge in [0.25, 0.3) is 0 Å². The van der Waals surface area contributed by atoms with Crippen molar-refractivity contribution in [2.75, 3.05) is 7.11 Å². The molecule has 0 fully saturated rings. The first-order valence-electron chi connectivity index (χ1n) is 9.64. The van der Waals surface area contributed by atoms with E-state index in [0.717, 1.165) is 25.9 Å². The molecule has 0 amide bonds. The van der Waals surface area contributed by atoms with E-state index in [1.165, 1.54) is 14.7 Å². The highest BCUT2D eigenvalue weighted by atomic mass is 32.2. The van der Waals surface area contributed by atoms with E-state index in [0.29, 0.717) is 0 Å². The molecule has 0 bridgehead atoms.